The van der Waals surface area contributed by atoms with Crippen molar-refractivity contribution in [3.63, 3.8) is 0 Å². The molecule has 0 radical (unpaired) electrons. The second-order valence-electron chi connectivity index (χ2n) is 9.08. The predicted octanol–water partition coefficient (Wildman–Crippen LogP) is 4.34. The summed E-state index contributed by atoms with van der Waals surface area (Å²) in [5.41, 5.74) is 4.34. The van der Waals surface area contributed by atoms with Crippen LogP contribution in [0.25, 0.3) is 10.9 Å². The molecule has 1 aromatic heterocycles. The highest BCUT2D eigenvalue weighted by molar-refractivity contribution is 5.90. The number of aryl methyl sites for hydroxylation is 1. The fraction of sp³-hybridized carbons (Fsp3) is 0.429. The molecule has 1 aliphatic rings. The molecular weight excluding hydrogens is 444 g/mol. The maximum atomic E-state index is 12.7. The van der Waals surface area contributed by atoms with Gasteiger partial charge in [-0.3, -0.25) is 4.79 Å². The van der Waals surface area contributed by atoms with Gasteiger partial charge in [0.1, 0.15) is 5.75 Å². The Hall–Kier alpha value is -3.32. The molecule has 35 heavy (non-hydrogen) atoms. The average Bonchev–Trinajstić information content (AvgIpc) is 3.42. The minimum Gasteiger partial charge on any atom is -0.496 e. The van der Waals surface area contributed by atoms with Gasteiger partial charge in [-0.2, -0.15) is 0 Å². The van der Waals surface area contributed by atoms with Crippen LogP contribution in [0.15, 0.2) is 42.6 Å². The van der Waals surface area contributed by atoms with Crippen molar-refractivity contribution in [1.82, 2.24) is 9.47 Å². The number of aliphatic hydroxyl groups is 1. The molecule has 2 unspecified atom stereocenters. The van der Waals surface area contributed by atoms with Crippen molar-refractivity contribution in [3.8, 4) is 5.75 Å². The molecule has 2 heterocycles. The number of rotatable bonds is 9. The van der Waals surface area contributed by atoms with Gasteiger partial charge in [0.2, 0.25) is 5.91 Å². The molecule has 7 nitrogen and oxygen atoms in total. The lowest BCUT2D eigenvalue weighted by Gasteiger charge is -2.19. The van der Waals surface area contributed by atoms with Crippen LogP contribution in [-0.4, -0.2) is 53.8 Å². The quantitative estimate of drug-likeness (QED) is 0.463. The Kier molecular flexibility index (Phi) is 7.45. The first kappa shape index (κ1) is 24.8. The van der Waals surface area contributed by atoms with Crippen molar-refractivity contribution >= 4 is 22.8 Å². The Morgan fingerprint density at radius 1 is 1.14 bits per heavy atom. The SMILES string of the molecule is CCCn1cc(Cc2ccc(C(=O)OC)cc2OC)c2cc(C(O)C3CCN(CC)C3=O)ccc21. The zero-order chi connectivity index (χ0) is 25.1. The normalized spacial score (nSPS) is 16.7. The Bertz CT molecular complexity index is 1230. The summed E-state index contributed by atoms with van der Waals surface area (Å²) in [6.45, 7) is 6.35. The van der Waals surface area contributed by atoms with Gasteiger partial charge in [-0.15, -0.1) is 0 Å². The Labute approximate surface area is 206 Å². The molecule has 2 aromatic carbocycles. The summed E-state index contributed by atoms with van der Waals surface area (Å²) in [5, 5.41) is 12.2. The van der Waals surface area contributed by atoms with Gasteiger partial charge in [0.05, 0.1) is 31.8 Å². The number of esters is 1. The van der Waals surface area contributed by atoms with E-state index in [1.165, 1.54) is 7.11 Å². The summed E-state index contributed by atoms with van der Waals surface area (Å²) in [5.74, 6) is -0.161. The van der Waals surface area contributed by atoms with E-state index in [1.54, 1.807) is 24.1 Å². The first-order valence-electron chi connectivity index (χ1n) is 12.3. The molecule has 1 amide bonds. The molecule has 1 aliphatic heterocycles. The van der Waals surface area contributed by atoms with Crippen molar-refractivity contribution in [1.29, 1.82) is 0 Å². The van der Waals surface area contributed by atoms with E-state index in [1.807, 2.05) is 31.2 Å². The highest BCUT2D eigenvalue weighted by Gasteiger charge is 2.36. The number of nitrogens with zero attached hydrogens (tertiary/aromatic N) is 2. The van der Waals surface area contributed by atoms with Gasteiger partial charge < -0.3 is 24.0 Å². The number of carbonyl (C=O) groups excluding carboxylic acids is 2. The number of fused-ring (bicyclic) bond motifs is 1. The first-order chi connectivity index (χ1) is 16.9. The fourth-order valence-electron chi connectivity index (χ4n) is 5.08. The lowest BCUT2D eigenvalue weighted by molar-refractivity contribution is -0.133. The molecule has 7 heteroatoms. The number of ether oxygens (including phenoxy) is 2. The maximum Gasteiger partial charge on any atom is 0.337 e. The monoisotopic (exact) mass is 478 g/mol. The maximum absolute atomic E-state index is 12.7. The van der Waals surface area contributed by atoms with Gasteiger partial charge in [0.25, 0.3) is 0 Å². The zero-order valence-electron chi connectivity index (χ0n) is 20.9. The largest absolute Gasteiger partial charge is 0.496 e. The van der Waals surface area contributed by atoms with E-state index in [4.69, 9.17) is 9.47 Å². The number of benzene rings is 2. The molecule has 4 rings (SSSR count). The minimum absolute atomic E-state index is 0.0271. The van der Waals surface area contributed by atoms with E-state index in [0.717, 1.165) is 40.6 Å². The number of aromatic nitrogens is 1. The molecule has 0 bridgehead atoms. The van der Waals surface area contributed by atoms with E-state index >= 15 is 0 Å². The van der Waals surface area contributed by atoms with Crippen LogP contribution in [0, 0.1) is 5.92 Å². The van der Waals surface area contributed by atoms with Crippen LogP contribution in [0.4, 0.5) is 0 Å². The minimum atomic E-state index is -0.834. The number of hydrogen-bond donors (Lipinski definition) is 1. The molecule has 0 spiro atoms. The molecule has 0 saturated carbocycles. The summed E-state index contributed by atoms with van der Waals surface area (Å²) in [6.07, 6.45) is 3.58. The van der Waals surface area contributed by atoms with Crippen molar-refractivity contribution in [2.45, 2.75) is 45.8 Å². The third kappa shape index (κ3) is 4.78. The van der Waals surface area contributed by atoms with E-state index in [0.29, 0.717) is 37.2 Å². The Morgan fingerprint density at radius 3 is 2.60 bits per heavy atom. The van der Waals surface area contributed by atoms with Crippen molar-refractivity contribution in [2.24, 2.45) is 5.92 Å². The van der Waals surface area contributed by atoms with Gasteiger partial charge in [0.15, 0.2) is 0 Å². The first-order valence-corrected chi connectivity index (χ1v) is 12.3. The summed E-state index contributed by atoms with van der Waals surface area (Å²) in [4.78, 5) is 26.4. The van der Waals surface area contributed by atoms with Crippen LogP contribution in [0.5, 0.6) is 5.75 Å². The summed E-state index contributed by atoms with van der Waals surface area (Å²) >= 11 is 0. The van der Waals surface area contributed by atoms with Crippen LogP contribution in [-0.2, 0) is 22.5 Å². The smallest absolute Gasteiger partial charge is 0.337 e. The van der Waals surface area contributed by atoms with E-state index in [-0.39, 0.29) is 5.91 Å². The second kappa shape index (κ2) is 10.5. The Morgan fingerprint density at radius 2 is 1.94 bits per heavy atom. The van der Waals surface area contributed by atoms with Gasteiger partial charge in [0, 0.05) is 43.2 Å². The Balaban J connectivity index is 1.71. The highest BCUT2D eigenvalue weighted by atomic mass is 16.5. The third-order valence-electron chi connectivity index (χ3n) is 6.98. The van der Waals surface area contributed by atoms with Crippen LogP contribution >= 0.6 is 0 Å². The van der Waals surface area contributed by atoms with Gasteiger partial charge in [-0.05, 0) is 60.7 Å². The van der Waals surface area contributed by atoms with E-state index in [9.17, 15) is 14.7 Å². The number of amides is 1. The second-order valence-corrected chi connectivity index (χ2v) is 9.08. The van der Waals surface area contributed by atoms with Crippen molar-refractivity contribution in [3.05, 3.63) is 64.8 Å². The third-order valence-corrected chi connectivity index (χ3v) is 6.98. The number of methoxy groups -OCH3 is 2. The summed E-state index contributed by atoms with van der Waals surface area (Å²) in [6, 6.07) is 11.3. The van der Waals surface area contributed by atoms with Gasteiger partial charge in [-0.25, -0.2) is 4.79 Å². The summed E-state index contributed by atoms with van der Waals surface area (Å²) < 4.78 is 12.6. The highest BCUT2D eigenvalue weighted by Crippen LogP contribution is 2.35. The fourth-order valence-corrected chi connectivity index (χ4v) is 5.08. The van der Waals surface area contributed by atoms with Crippen molar-refractivity contribution < 1.29 is 24.2 Å². The molecule has 186 valence electrons. The van der Waals surface area contributed by atoms with Crippen LogP contribution in [0.3, 0.4) is 0 Å². The molecular formula is C28H34N2O5. The topological polar surface area (TPSA) is 81.0 Å². The average molecular weight is 479 g/mol. The van der Waals surface area contributed by atoms with Crippen LogP contribution in [0.2, 0.25) is 0 Å². The lowest BCUT2D eigenvalue weighted by Crippen LogP contribution is -2.29. The number of aliphatic hydroxyl groups excluding tert-OH is 1. The summed E-state index contributed by atoms with van der Waals surface area (Å²) in [7, 11) is 2.95. The molecule has 2 atom stereocenters. The number of likely N-dealkylation sites (tertiary alicyclic amines) is 1. The van der Waals surface area contributed by atoms with E-state index in [2.05, 4.69) is 17.7 Å². The number of carbonyl (C=O) groups is 2. The van der Waals surface area contributed by atoms with Crippen molar-refractivity contribution in [2.75, 3.05) is 27.3 Å². The van der Waals surface area contributed by atoms with E-state index < -0.39 is 18.0 Å². The molecule has 1 fully saturated rings. The zero-order valence-corrected chi connectivity index (χ0v) is 20.9. The molecule has 3 aromatic rings. The lowest BCUT2D eigenvalue weighted by atomic mass is 9.92. The van der Waals surface area contributed by atoms with Gasteiger partial charge >= 0.3 is 5.97 Å². The van der Waals surface area contributed by atoms with Crippen LogP contribution < -0.4 is 4.74 Å². The predicted molar refractivity (Wildman–Crippen MR) is 135 cm³/mol. The molecule has 1 saturated heterocycles. The number of hydrogen-bond acceptors (Lipinski definition) is 5. The molecule has 1 N–H and O–H groups in total. The van der Waals surface area contributed by atoms with Gasteiger partial charge in [-0.1, -0.05) is 19.1 Å². The molecule has 0 aliphatic carbocycles. The van der Waals surface area contributed by atoms with Crippen LogP contribution in [0.1, 0.15) is 59.8 Å². The standard InChI is InChI=1S/C28H34N2O5/c1-5-12-30-17-21(14-18-7-8-20(28(33)35-4)16-25(18)34-3)23-15-19(9-10-24(23)30)26(31)22-11-13-29(6-2)27(22)32/h7-10,15-17,22,26,31H,5-6,11-14H2,1-4H3.